The Bertz CT molecular complexity index is 785. The molecule has 0 radical (unpaired) electrons. The van der Waals surface area contributed by atoms with Gasteiger partial charge in [-0.1, -0.05) is 29.8 Å². The van der Waals surface area contributed by atoms with Crippen LogP contribution in [0.1, 0.15) is 27.3 Å². The van der Waals surface area contributed by atoms with Crippen LogP contribution >= 0.6 is 0 Å². The Labute approximate surface area is 159 Å². The molecule has 1 aromatic heterocycles. The quantitative estimate of drug-likeness (QED) is 0.857. The Morgan fingerprint density at radius 2 is 1.74 bits per heavy atom. The molecule has 1 aromatic carbocycles. The molecule has 0 bridgehead atoms. The van der Waals surface area contributed by atoms with Gasteiger partial charge < -0.3 is 10.2 Å². The smallest absolute Gasteiger partial charge is 0.272 e. The SMILES string of the molecule is Cc1ccc(CN2CCN(C(=O)CNC(=O)c3cc(C)n(C)n3)CC2)cc1. The minimum Gasteiger partial charge on any atom is -0.342 e. The molecule has 0 aliphatic carbocycles. The van der Waals surface area contributed by atoms with Gasteiger partial charge in [0.15, 0.2) is 0 Å². The van der Waals surface area contributed by atoms with Crippen LogP contribution in [0.5, 0.6) is 0 Å². The molecule has 144 valence electrons. The predicted molar refractivity (Wildman–Crippen MR) is 103 cm³/mol. The lowest BCUT2D eigenvalue weighted by molar-refractivity contribution is -0.131. The van der Waals surface area contributed by atoms with Crippen LogP contribution in [0.25, 0.3) is 0 Å². The maximum atomic E-state index is 12.4. The molecule has 0 atom stereocenters. The number of carbonyl (C=O) groups is 2. The number of hydrogen-bond donors (Lipinski definition) is 1. The van der Waals surface area contributed by atoms with Crippen molar-refractivity contribution in [2.75, 3.05) is 32.7 Å². The lowest BCUT2D eigenvalue weighted by Crippen LogP contribution is -2.50. The summed E-state index contributed by atoms with van der Waals surface area (Å²) >= 11 is 0. The number of rotatable bonds is 5. The van der Waals surface area contributed by atoms with Crippen molar-refractivity contribution >= 4 is 11.8 Å². The number of amides is 2. The van der Waals surface area contributed by atoms with Crippen LogP contribution in [0.4, 0.5) is 0 Å². The number of nitrogens with zero attached hydrogens (tertiary/aromatic N) is 4. The Morgan fingerprint density at radius 3 is 2.33 bits per heavy atom. The molecule has 2 heterocycles. The van der Waals surface area contributed by atoms with E-state index >= 15 is 0 Å². The third kappa shape index (κ3) is 4.95. The standard InChI is InChI=1S/C20H27N5O2/c1-15-4-6-17(7-5-15)14-24-8-10-25(11-9-24)19(26)13-21-20(27)18-12-16(2)23(3)22-18/h4-7,12H,8-11,13-14H2,1-3H3,(H,21,27). The van der Waals surface area contributed by atoms with Crippen LogP contribution in [0, 0.1) is 13.8 Å². The molecule has 1 aliphatic rings. The molecular weight excluding hydrogens is 342 g/mol. The molecule has 0 saturated carbocycles. The predicted octanol–water partition coefficient (Wildman–Crippen LogP) is 1.11. The van der Waals surface area contributed by atoms with E-state index in [1.54, 1.807) is 17.8 Å². The Hall–Kier alpha value is -2.67. The summed E-state index contributed by atoms with van der Waals surface area (Å²) in [6.07, 6.45) is 0. The van der Waals surface area contributed by atoms with Gasteiger partial charge in [0.05, 0.1) is 6.54 Å². The zero-order valence-corrected chi connectivity index (χ0v) is 16.2. The first-order valence-corrected chi connectivity index (χ1v) is 9.27. The highest BCUT2D eigenvalue weighted by Crippen LogP contribution is 2.10. The van der Waals surface area contributed by atoms with Crippen molar-refractivity contribution in [1.82, 2.24) is 24.9 Å². The van der Waals surface area contributed by atoms with E-state index in [-0.39, 0.29) is 18.4 Å². The van der Waals surface area contributed by atoms with E-state index in [0.29, 0.717) is 18.8 Å². The van der Waals surface area contributed by atoms with Crippen LogP contribution < -0.4 is 5.32 Å². The lowest BCUT2D eigenvalue weighted by Gasteiger charge is -2.34. The van der Waals surface area contributed by atoms with Gasteiger partial charge in [-0.25, -0.2) is 0 Å². The summed E-state index contributed by atoms with van der Waals surface area (Å²) in [4.78, 5) is 28.7. The molecule has 3 rings (SSSR count). The zero-order valence-electron chi connectivity index (χ0n) is 16.2. The van der Waals surface area contributed by atoms with Gasteiger partial charge >= 0.3 is 0 Å². The van der Waals surface area contributed by atoms with Crippen molar-refractivity contribution in [3.8, 4) is 0 Å². The fourth-order valence-corrected chi connectivity index (χ4v) is 3.14. The monoisotopic (exact) mass is 369 g/mol. The van der Waals surface area contributed by atoms with Crippen LogP contribution in [0.15, 0.2) is 30.3 Å². The van der Waals surface area contributed by atoms with E-state index < -0.39 is 0 Å². The van der Waals surface area contributed by atoms with Crippen molar-refractivity contribution in [1.29, 1.82) is 0 Å². The molecule has 2 amide bonds. The van der Waals surface area contributed by atoms with E-state index in [1.165, 1.54) is 11.1 Å². The summed E-state index contributed by atoms with van der Waals surface area (Å²) in [5, 5.41) is 6.80. The Balaban J connectivity index is 1.43. The molecule has 0 unspecified atom stereocenters. The first-order valence-electron chi connectivity index (χ1n) is 9.27. The van der Waals surface area contributed by atoms with Gasteiger partial charge in [0.1, 0.15) is 5.69 Å². The Kier molecular flexibility index (Phi) is 5.91. The van der Waals surface area contributed by atoms with Gasteiger partial charge in [0, 0.05) is 45.5 Å². The summed E-state index contributed by atoms with van der Waals surface area (Å²) in [5.74, 6) is -0.365. The Morgan fingerprint density at radius 1 is 1.07 bits per heavy atom. The average molecular weight is 369 g/mol. The number of carbonyl (C=O) groups excluding carboxylic acids is 2. The van der Waals surface area contributed by atoms with Gasteiger partial charge in [-0.05, 0) is 25.5 Å². The number of nitrogens with one attached hydrogen (secondary N) is 1. The molecule has 0 spiro atoms. The number of hydrogen-bond acceptors (Lipinski definition) is 4. The molecule has 2 aromatic rings. The molecular formula is C20H27N5O2. The topological polar surface area (TPSA) is 70.5 Å². The zero-order chi connectivity index (χ0) is 19.4. The summed E-state index contributed by atoms with van der Waals surface area (Å²) in [5.41, 5.74) is 3.79. The van der Waals surface area contributed by atoms with Crippen LogP contribution in [0.2, 0.25) is 0 Å². The first-order chi connectivity index (χ1) is 12.9. The van der Waals surface area contributed by atoms with Gasteiger partial charge in [-0.2, -0.15) is 5.10 Å². The average Bonchev–Trinajstić information content (AvgIpc) is 3.01. The maximum Gasteiger partial charge on any atom is 0.272 e. The highest BCUT2D eigenvalue weighted by atomic mass is 16.2. The number of aromatic nitrogens is 2. The summed E-state index contributed by atoms with van der Waals surface area (Å²) in [7, 11) is 1.79. The van der Waals surface area contributed by atoms with Crippen molar-refractivity contribution in [3.63, 3.8) is 0 Å². The molecule has 7 heteroatoms. The first kappa shape index (κ1) is 19.1. The summed E-state index contributed by atoms with van der Waals surface area (Å²) in [6.45, 7) is 7.92. The van der Waals surface area contributed by atoms with Crippen molar-refractivity contribution in [2.24, 2.45) is 7.05 Å². The van der Waals surface area contributed by atoms with Gasteiger partial charge in [0.25, 0.3) is 5.91 Å². The van der Waals surface area contributed by atoms with Gasteiger partial charge in [-0.3, -0.25) is 19.2 Å². The highest BCUT2D eigenvalue weighted by Gasteiger charge is 2.22. The fourth-order valence-electron chi connectivity index (χ4n) is 3.14. The van der Waals surface area contributed by atoms with Crippen molar-refractivity contribution in [3.05, 3.63) is 52.8 Å². The molecule has 1 fully saturated rings. The number of benzene rings is 1. The van der Waals surface area contributed by atoms with E-state index in [0.717, 1.165) is 25.3 Å². The third-order valence-corrected chi connectivity index (χ3v) is 5.00. The second-order valence-electron chi connectivity index (χ2n) is 7.12. The fraction of sp³-hybridized carbons (Fsp3) is 0.450. The largest absolute Gasteiger partial charge is 0.342 e. The molecule has 1 N–H and O–H groups in total. The second kappa shape index (κ2) is 8.35. The van der Waals surface area contributed by atoms with E-state index in [2.05, 4.69) is 46.5 Å². The minimum absolute atomic E-state index is 0.00637. The second-order valence-corrected chi connectivity index (χ2v) is 7.12. The third-order valence-electron chi connectivity index (χ3n) is 5.00. The number of piperazine rings is 1. The van der Waals surface area contributed by atoms with E-state index in [9.17, 15) is 9.59 Å². The lowest BCUT2D eigenvalue weighted by atomic mass is 10.1. The van der Waals surface area contributed by atoms with Crippen LogP contribution in [-0.2, 0) is 18.4 Å². The van der Waals surface area contributed by atoms with E-state index in [1.807, 2.05) is 11.8 Å². The van der Waals surface area contributed by atoms with Crippen LogP contribution in [0.3, 0.4) is 0 Å². The normalized spacial score (nSPS) is 15.0. The molecule has 1 aliphatic heterocycles. The molecule has 1 saturated heterocycles. The number of aryl methyl sites for hydroxylation is 3. The van der Waals surface area contributed by atoms with Crippen molar-refractivity contribution < 1.29 is 9.59 Å². The molecule has 7 nitrogen and oxygen atoms in total. The highest BCUT2D eigenvalue weighted by molar-refractivity contribution is 5.94. The van der Waals surface area contributed by atoms with Crippen LogP contribution in [-0.4, -0.2) is 64.1 Å². The minimum atomic E-state index is -0.315. The molecule has 27 heavy (non-hydrogen) atoms. The van der Waals surface area contributed by atoms with Crippen molar-refractivity contribution in [2.45, 2.75) is 20.4 Å². The maximum absolute atomic E-state index is 12.4. The summed E-state index contributed by atoms with van der Waals surface area (Å²) < 4.78 is 1.64. The van der Waals surface area contributed by atoms with E-state index in [4.69, 9.17) is 0 Å². The summed E-state index contributed by atoms with van der Waals surface area (Å²) in [6, 6.07) is 10.3. The van der Waals surface area contributed by atoms with Gasteiger partial charge in [-0.15, -0.1) is 0 Å². The van der Waals surface area contributed by atoms with Gasteiger partial charge in [0.2, 0.25) is 5.91 Å².